The molecule has 0 spiro atoms. The topological polar surface area (TPSA) is 152 Å². The Labute approximate surface area is 262 Å². The van der Waals surface area contributed by atoms with Gasteiger partial charge in [0.1, 0.15) is 32.2 Å². The van der Waals surface area contributed by atoms with E-state index in [2.05, 4.69) is 16.1 Å². The Morgan fingerprint density at radius 1 is 0.659 bits per heavy atom. The first-order valence-electron chi connectivity index (χ1n) is 14.5. The molecule has 11 heteroatoms. The van der Waals surface area contributed by atoms with Gasteiger partial charge in [0, 0.05) is 6.08 Å². The average molecular weight is 625 g/mol. The van der Waals surface area contributed by atoms with Crippen molar-refractivity contribution in [3.05, 3.63) is 42.5 Å². The minimum absolute atomic E-state index is 0.00520. The molecular weight excluding hydrogens is 572 g/mol. The van der Waals surface area contributed by atoms with Crippen LogP contribution in [0, 0.1) is 16.2 Å². The standard InChI is InChI=1S/C15H20O5.C11H18O4.C7H14O2/c1-4-15(2,3)14(18)20-10-9-19-13(17)11-5-7-12(16)8-6-11;1-5-9(12)14-7-8-15-10(13)11(3,4)6-2;1-5-7(2,3)6(8)9-4/h5-8,16H,4,9-10H2,1-3H3;5H,1,6-8H2,2-4H3;5H2,1-4H3. The molecule has 0 amide bonds. The normalized spacial score (nSPS) is 10.9. The third-order valence-corrected chi connectivity index (χ3v) is 6.87. The summed E-state index contributed by atoms with van der Waals surface area (Å²) in [6, 6.07) is 5.73. The molecule has 1 rings (SSSR count). The molecule has 0 aliphatic carbocycles. The van der Waals surface area contributed by atoms with Crippen LogP contribution in [0.5, 0.6) is 5.75 Å². The first-order valence-corrected chi connectivity index (χ1v) is 14.5. The summed E-state index contributed by atoms with van der Waals surface area (Å²) >= 11 is 0. The molecule has 0 aliphatic rings. The Morgan fingerprint density at radius 2 is 1.02 bits per heavy atom. The second kappa shape index (κ2) is 20.9. The Morgan fingerprint density at radius 3 is 1.36 bits per heavy atom. The summed E-state index contributed by atoms with van der Waals surface area (Å²) in [7, 11) is 1.42. The lowest BCUT2D eigenvalue weighted by atomic mass is 9.91. The largest absolute Gasteiger partial charge is 0.508 e. The fourth-order valence-corrected chi connectivity index (χ4v) is 2.39. The van der Waals surface area contributed by atoms with Crippen LogP contribution in [0.1, 0.15) is 91.9 Å². The van der Waals surface area contributed by atoms with Crippen molar-refractivity contribution in [2.45, 2.75) is 81.6 Å². The molecule has 0 heterocycles. The first kappa shape index (κ1) is 42.2. The molecule has 44 heavy (non-hydrogen) atoms. The molecule has 250 valence electrons. The van der Waals surface area contributed by atoms with Crippen molar-refractivity contribution in [2.75, 3.05) is 33.5 Å². The van der Waals surface area contributed by atoms with E-state index in [1.165, 1.54) is 31.4 Å². The number of carbonyl (C=O) groups is 5. The number of hydrogen-bond donors (Lipinski definition) is 1. The highest BCUT2D eigenvalue weighted by Gasteiger charge is 2.28. The van der Waals surface area contributed by atoms with E-state index in [4.69, 9.17) is 19.3 Å². The molecule has 0 saturated heterocycles. The van der Waals surface area contributed by atoms with Crippen LogP contribution in [-0.4, -0.2) is 68.5 Å². The zero-order chi connectivity index (χ0) is 34.6. The van der Waals surface area contributed by atoms with Gasteiger partial charge in [0.2, 0.25) is 0 Å². The number of aromatic hydroxyl groups is 1. The minimum Gasteiger partial charge on any atom is -0.508 e. The Hall–Kier alpha value is -3.89. The monoisotopic (exact) mass is 624 g/mol. The van der Waals surface area contributed by atoms with E-state index < -0.39 is 22.8 Å². The van der Waals surface area contributed by atoms with Gasteiger partial charge in [-0.1, -0.05) is 27.4 Å². The molecule has 0 aliphatic heterocycles. The van der Waals surface area contributed by atoms with Crippen LogP contribution in [0.3, 0.4) is 0 Å². The molecular formula is C33H52O11. The van der Waals surface area contributed by atoms with Crippen molar-refractivity contribution in [3.63, 3.8) is 0 Å². The highest BCUT2D eigenvalue weighted by molar-refractivity contribution is 5.89. The highest BCUT2D eigenvalue weighted by Crippen LogP contribution is 2.22. The number of phenolic OH excluding ortho intramolecular Hbond substituents is 1. The Kier molecular flexibility index (Phi) is 20.1. The van der Waals surface area contributed by atoms with Crippen molar-refractivity contribution in [1.29, 1.82) is 0 Å². The van der Waals surface area contributed by atoms with Gasteiger partial charge < -0.3 is 28.8 Å². The zero-order valence-electron chi connectivity index (χ0n) is 28.1. The van der Waals surface area contributed by atoms with Crippen LogP contribution in [0.15, 0.2) is 36.9 Å². The molecule has 1 aromatic rings. The lowest BCUT2D eigenvalue weighted by Gasteiger charge is -2.20. The highest BCUT2D eigenvalue weighted by atomic mass is 16.6. The number of ether oxygens (including phenoxy) is 5. The van der Waals surface area contributed by atoms with Crippen LogP contribution in [-0.2, 0) is 42.9 Å². The third kappa shape index (κ3) is 17.3. The van der Waals surface area contributed by atoms with Gasteiger partial charge in [0.15, 0.2) is 0 Å². The van der Waals surface area contributed by atoms with E-state index in [9.17, 15) is 24.0 Å². The van der Waals surface area contributed by atoms with Crippen LogP contribution < -0.4 is 0 Å². The molecule has 0 saturated carbocycles. The summed E-state index contributed by atoms with van der Waals surface area (Å²) in [5, 5.41) is 9.10. The minimum atomic E-state index is -0.527. The van der Waals surface area contributed by atoms with Crippen molar-refractivity contribution in [1.82, 2.24) is 0 Å². The fourth-order valence-electron chi connectivity index (χ4n) is 2.39. The molecule has 0 aromatic heterocycles. The van der Waals surface area contributed by atoms with Crippen molar-refractivity contribution in [3.8, 4) is 5.75 Å². The maximum atomic E-state index is 11.7. The molecule has 0 atom stereocenters. The third-order valence-electron chi connectivity index (χ3n) is 6.87. The predicted molar refractivity (Wildman–Crippen MR) is 166 cm³/mol. The summed E-state index contributed by atoms with van der Waals surface area (Å²) in [6.45, 7) is 20.2. The first-order chi connectivity index (χ1) is 20.3. The van der Waals surface area contributed by atoms with Crippen molar-refractivity contribution >= 4 is 29.8 Å². The van der Waals surface area contributed by atoms with Gasteiger partial charge in [-0.25, -0.2) is 9.59 Å². The number of rotatable bonds is 14. The van der Waals surface area contributed by atoms with E-state index in [1.807, 2.05) is 48.5 Å². The Bertz CT molecular complexity index is 1050. The van der Waals surface area contributed by atoms with Crippen LogP contribution >= 0.6 is 0 Å². The lowest BCUT2D eigenvalue weighted by molar-refractivity contribution is -0.158. The van der Waals surface area contributed by atoms with Gasteiger partial charge in [-0.2, -0.15) is 0 Å². The van der Waals surface area contributed by atoms with E-state index >= 15 is 0 Å². The molecule has 0 radical (unpaired) electrons. The molecule has 1 N–H and O–H groups in total. The molecule has 0 unspecified atom stereocenters. The number of methoxy groups -OCH3 is 1. The number of esters is 5. The molecule has 0 fully saturated rings. The van der Waals surface area contributed by atoms with Gasteiger partial charge in [0.05, 0.1) is 28.9 Å². The van der Waals surface area contributed by atoms with Crippen LogP contribution in [0.2, 0.25) is 0 Å². The van der Waals surface area contributed by atoms with E-state index in [-0.39, 0.29) is 55.5 Å². The van der Waals surface area contributed by atoms with Crippen molar-refractivity contribution in [2.24, 2.45) is 16.2 Å². The maximum Gasteiger partial charge on any atom is 0.338 e. The summed E-state index contributed by atoms with van der Waals surface area (Å²) in [5.74, 6) is -1.67. The maximum absolute atomic E-state index is 11.7. The summed E-state index contributed by atoms with van der Waals surface area (Å²) < 4.78 is 24.2. The molecule has 11 nitrogen and oxygen atoms in total. The van der Waals surface area contributed by atoms with E-state index in [1.54, 1.807) is 13.8 Å². The average Bonchev–Trinajstić information content (AvgIpc) is 3.01. The lowest BCUT2D eigenvalue weighted by Crippen LogP contribution is -2.27. The molecule has 0 bridgehead atoms. The van der Waals surface area contributed by atoms with Gasteiger partial charge >= 0.3 is 29.8 Å². The van der Waals surface area contributed by atoms with Gasteiger partial charge in [0.25, 0.3) is 0 Å². The number of hydrogen-bond acceptors (Lipinski definition) is 11. The van der Waals surface area contributed by atoms with E-state index in [0.717, 1.165) is 12.5 Å². The van der Waals surface area contributed by atoms with E-state index in [0.29, 0.717) is 18.4 Å². The van der Waals surface area contributed by atoms with Gasteiger partial charge in [-0.3, -0.25) is 14.4 Å². The van der Waals surface area contributed by atoms with Gasteiger partial charge in [-0.05, 0) is 85.1 Å². The Balaban J connectivity index is 0. The SMILES string of the molecule is C=CC(=O)OCCOC(=O)C(C)(C)CC.CCC(C)(C)C(=O)OC.CCC(C)(C)C(=O)OCCOC(=O)c1ccc(O)cc1. The number of carbonyl (C=O) groups excluding carboxylic acids is 5. The van der Waals surface area contributed by atoms with Crippen LogP contribution in [0.4, 0.5) is 0 Å². The van der Waals surface area contributed by atoms with Crippen LogP contribution in [0.25, 0.3) is 0 Å². The second-order valence-corrected chi connectivity index (χ2v) is 11.5. The quantitative estimate of drug-likeness (QED) is 0.115. The van der Waals surface area contributed by atoms with Gasteiger partial charge in [-0.15, -0.1) is 0 Å². The molecule has 1 aromatic carbocycles. The predicted octanol–water partition coefficient (Wildman–Crippen LogP) is 5.82. The summed E-state index contributed by atoms with van der Waals surface area (Å²) in [4.78, 5) is 56.2. The summed E-state index contributed by atoms with van der Waals surface area (Å²) in [5.41, 5.74) is -0.985. The smallest absolute Gasteiger partial charge is 0.338 e. The van der Waals surface area contributed by atoms with Crippen molar-refractivity contribution < 1.29 is 52.8 Å². The number of benzene rings is 1. The fraction of sp³-hybridized carbons (Fsp3) is 0.606. The number of phenols is 1. The zero-order valence-corrected chi connectivity index (χ0v) is 28.1. The summed E-state index contributed by atoms with van der Waals surface area (Å²) in [6.07, 6.45) is 3.27. The second-order valence-electron chi connectivity index (χ2n) is 11.5.